The third-order valence-electron chi connectivity index (χ3n) is 3.18. The molecule has 3 N–H and O–H groups in total. The zero-order chi connectivity index (χ0) is 9.90. The minimum atomic E-state index is -0.936. The summed E-state index contributed by atoms with van der Waals surface area (Å²) in [7, 11) is 0. The zero-order valence-electron chi connectivity index (χ0n) is 8.66. The normalized spacial score (nSPS) is 20.4. The molecule has 84 valence electrons. The van der Waals surface area contributed by atoms with Crippen LogP contribution in [0.2, 0.25) is 0 Å². The summed E-state index contributed by atoms with van der Waals surface area (Å²) >= 11 is 0. The highest BCUT2D eigenvalue weighted by molar-refractivity contribution is 5.85. The van der Waals surface area contributed by atoms with Gasteiger partial charge in [0.05, 0.1) is 0 Å². The molecule has 1 aliphatic carbocycles. The molecular formula is C10H20ClNO2. The second-order valence-corrected chi connectivity index (χ2v) is 4.08. The Balaban J connectivity index is 0.00000169. The number of unbranched alkanes of at least 4 members (excludes halogenated alkanes) is 1. The van der Waals surface area contributed by atoms with Gasteiger partial charge in [0.2, 0.25) is 0 Å². The van der Waals surface area contributed by atoms with Crippen LogP contribution in [0.1, 0.15) is 45.4 Å². The van der Waals surface area contributed by atoms with Gasteiger partial charge in [0.25, 0.3) is 0 Å². The molecule has 0 radical (unpaired) electrons. The Morgan fingerprint density at radius 1 is 1.57 bits per heavy atom. The molecule has 0 aliphatic heterocycles. The minimum absolute atomic E-state index is 0. The molecule has 0 amide bonds. The van der Waals surface area contributed by atoms with E-state index in [0.29, 0.717) is 6.42 Å². The van der Waals surface area contributed by atoms with Crippen molar-refractivity contribution >= 4 is 18.4 Å². The number of carboxylic acids is 1. The molecule has 1 aliphatic rings. The van der Waals surface area contributed by atoms with Gasteiger partial charge in [-0.25, -0.2) is 0 Å². The van der Waals surface area contributed by atoms with E-state index in [4.69, 9.17) is 10.8 Å². The molecule has 1 atom stereocenters. The van der Waals surface area contributed by atoms with Crippen molar-refractivity contribution in [2.24, 2.45) is 11.7 Å². The Morgan fingerprint density at radius 3 is 2.43 bits per heavy atom. The number of carboxylic acid groups (broad SMARTS) is 1. The van der Waals surface area contributed by atoms with E-state index in [-0.39, 0.29) is 18.3 Å². The number of hydrogen-bond donors (Lipinski definition) is 2. The monoisotopic (exact) mass is 221 g/mol. The lowest BCUT2D eigenvalue weighted by Crippen LogP contribution is -2.56. The van der Waals surface area contributed by atoms with Crippen LogP contribution in [0, 0.1) is 5.92 Å². The van der Waals surface area contributed by atoms with Gasteiger partial charge in [-0.3, -0.25) is 4.79 Å². The third-order valence-corrected chi connectivity index (χ3v) is 3.18. The summed E-state index contributed by atoms with van der Waals surface area (Å²) in [5.41, 5.74) is 5.00. The standard InChI is InChI=1S/C10H19NO2.ClH/c1-2-3-7-10(11,9(12)13)8-5-4-6-8;/h8H,2-7,11H2,1H3,(H,12,13);1H/t10-;/m1./s1. The average molecular weight is 222 g/mol. The van der Waals surface area contributed by atoms with E-state index in [2.05, 4.69) is 6.92 Å². The highest BCUT2D eigenvalue weighted by atomic mass is 35.5. The van der Waals surface area contributed by atoms with Crippen LogP contribution in [-0.2, 0) is 4.79 Å². The summed E-state index contributed by atoms with van der Waals surface area (Å²) in [6, 6.07) is 0. The van der Waals surface area contributed by atoms with Crippen LogP contribution in [0.4, 0.5) is 0 Å². The van der Waals surface area contributed by atoms with E-state index in [0.717, 1.165) is 32.1 Å². The smallest absolute Gasteiger partial charge is 0.323 e. The summed E-state index contributed by atoms with van der Waals surface area (Å²) in [6.07, 6.45) is 5.68. The van der Waals surface area contributed by atoms with Gasteiger partial charge in [0, 0.05) is 0 Å². The van der Waals surface area contributed by atoms with Gasteiger partial charge in [0.1, 0.15) is 5.54 Å². The van der Waals surface area contributed by atoms with Crippen molar-refractivity contribution in [3.8, 4) is 0 Å². The second-order valence-electron chi connectivity index (χ2n) is 4.08. The molecule has 1 saturated carbocycles. The summed E-state index contributed by atoms with van der Waals surface area (Å²) in [4.78, 5) is 11.0. The SMILES string of the molecule is CCCC[C@](N)(C(=O)O)C1CCC1.Cl. The predicted octanol–water partition coefficient (Wildman–Crippen LogP) is 2.18. The van der Waals surface area contributed by atoms with E-state index in [9.17, 15) is 4.79 Å². The van der Waals surface area contributed by atoms with Gasteiger partial charge in [-0.05, 0) is 25.2 Å². The van der Waals surface area contributed by atoms with Crippen molar-refractivity contribution in [3.05, 3.63) is 0 Å². The molecule has 1 fully saturated rings. The first-order valence-electron chi connectivity index (χ1n) is 5.13. The molecule has 0 saturated heterocycles. The van der Waals surface area contributed by atoms with Crippen molar-refractivity contribution in [1.82, 2.24) is 0 Å². The summed E-state index contributed by atoms with van der Waals surface area (Å²) in [6.45, 7) is 2.06. The Bertz CT molecular complexity index is 195. The third kappa shape index (κ3) is 2.61. The Kier molecular flexibility index (Phi) is 5.45. The molecule has 0 unspecified atom stereocenters. The van der Waals surface area contributed by atoms with Crippen LogP contribution in [0.5, 0.6) is 0 Å². The number of nitrogens with two attached hydrogens (primary N) is 1. The number of carbonyl (C=O) groups is 1. The van der Waals surface area contributed by atoms with Gasteiger partial charge in [0.15, 0.2) is 0 Å². The van der Waals surface area contributed by atoms with E-state index >= 15 is 0 Å². The lowest BCUT2D eigenvalue weighted by atomic mass is 9.69. The maximum atomic E-state index is 11.0. The maximum Gasteiger partial charge on any atom is 0.323 e. The highest BCUT2D eigenvalue weighted by Crippen LogP contribution is 2.37. The number of halogens is 1. The number of aliphatic carboxylic acids is 1. The Morgan fingerprint density at radius 2 is 2.14 bits per heavy atom. The molecule has 14 heavy (non-hydrogen) atoms. The first-order chi connectivity index (χ1) is 6.11. The molecule has 4 heteroatoms. The molecule has 3 nitrogen and oxygen atoms in total. The topological polar surface area (TPSA) is 63.3 Å². The van der Waals surface area contributed by atoms with Gasteiger partial charge in [-0.1, -0.05) is 26.2 Å². The molecule has 0 aromatic carbocycles. The molecule has 0 spiro atoms. The van der Waals surface area contributed by atoms with Crippen LogP contribution in [-0.4, -0.2) is 16.6 Å². The molecule has 0 bridgehead atoms. The summed E-state index contributed by atoms with van der Waals surface area (Å²) in [5, 5.41) is 9.07. The number of hydrogen-bond acceptors (Lipinski definition) is 2. The highest BCUT2D eigenvalue weighted by Gasteiger charge is 2.44. The van der Waals surface area contributed by atoms with E-state index in [1.54, 1.807) is 0 Å². The van der Waals surface area contributed by atoms with Crippen molar-refractivity contribution in [3.63, 3.8) is 0 Å². The fraction of sp³-hybridized carbons (Fsp3) is 0.900. The fourth-order valence-electron chi connectivity index (χ4n) is 1.88. The fourth-order valence-corrected chi connectivity index (χ4v) is 1.88. The maximum absolute atomic E-state index is 11.0. The van der Waals surface area contributed by atoms with E-state index in [1.165, 1.54) is 0 Å². The summed E-state index contributed by atoms with van der Waals surface area (Å²) in [5.74, 6) is -0.595. The molecular weight excluding hydrogens is 202 g/mol. The second kappa shape index (κ2) is 5.56. The van der Waals surface area contributed by atoms with Crippen molar-refractivity contribution in [2.45, 2.75) is 51.0 Å². The van der Waals surface area contributed by atoms with Gasteiger partial charge in [-0.2, -0.15) is 0 Å². The Hall–Kier alpha value is -0.280. The molecule has 0 heterocycles. The van der Waals surface area contributed by atoms with Gasteiger partial charge < -0.3 is 10.8 Å². The molecule has 0 aromatic heterocycles. The van der Waals surface area contributed by atoms with E-state index in [1.807, 2.05) is 0 Å². The van der Waals surface area contributed by atoms with Crippen LogP contribution >= 0.6 is 12.4 Å². The predicted molar refractivity (Wildman–Crippen MR) is 58.7 cm³/mol. The van der Waals surface area contributed by atoms with Crippen molar-refractivity contribution in [1.29, 1.82) is 0 Å². The van der Waals surface area contributed by atoms with Crippen LogP contribution in [0.15, 0.2) is 0 Å². The van der Waals surface area contributed by atoms with Crippen LogP contribution < -0.4 is 5.73 Å². The van der Waals surface area contributed by atoms with Crippen molar-refractivity contribution in [2.75, 3.05) is 0 Å². The lowest BCUT2D eigenvalue weighted by Gasteiger charge is -2.39. The summed E-state index contributed by atoms with van der Waals surface area (Å²) < 4.78 is 0. The molecule has 0 aromatic rings. The molecule has 1 rings (SSSR count). The first kappa shape index (κ1) is 13.7. The quantitative estimate of drug-likeness (QED) is 0.748. The van der Waals surface area contributed by atoms with E-state index < -0.39 is 11.5 Å². The number of rotatable bonds is 5. The van der Waals surface area contributed by atoms with Crippen molar-refractivity contribution < 1.29 is 9.90 Å². The average Bonchev–Trinajstić information content (AvgIpc) is 1.97. The van der Waals surface area contributed by atoms with Gasteiger partial charge in [-0.15, -0.1) is 12.4 Å². The largest absolute Gasteiger partial charge is 0.480 e. The Labute approximate surface area is 91.5 Å². The zero-order valence-corrected chi connectivity index (χ0v) is 9.48. The lowest BCUT2D eigenvalue weighted by molar-refractivity contribution is -0.147. The minimum Gasteiger partial charge on any atom is -0.480 e. The first-order valence-corrected chi connectivity index (χ1v) is 5.13. The van der Waals surface area contributed by atoms with Crippen LogP contribution in [0.3, 0.4) is 0 Å². The van der Waals surface area contributed by atoms with Gasteiger partial charge >= 0.3 is 5.97 Å². The van der Waals surface area contributed by atoms with Crippen LogP contribution in [0.25, 0.3) is 0 Å².